The molecule has 1 spiro atoms. The molecule has 1 aromatic heterocycles. The van der Waals surface area contributed by atoms with Gasteiger partial charge in [-0.25, -0.2) is 9.59 Å². The summed E-state index contributed by atoms with van der Waals surface area (Å²) in [6, 6.07) is 0.465. The molecule has 1 fully saturated rings. The number of amides is 6. The van der Waals surface area contributed by atoms with Crippen LogP contribution in [0, 0.1) is 0 Å². The Hall–Kier alpha value is -2.42. The highest BCUT2D eigenvalue weighted by molar-refractivity contribution is 7.10. The van der Waals surface area contributed by atoms with Gasteiger partial charge >= 0.3 is 12.1 Å². The Bertz CT molecular complexity index is 744. The smallest absolute Gasteiger partial charge is 0.325 e. The highest BCUT2D eigenvalue weighted by atomic mass is 32.1. The van der Waals surface area contributed by atoms with E-state index in [4.69, 9.17) is 0 Å². The van der Waals surface area contributed by atoms with Gasteiger partial charge in [-0.2, -0.15) is 0 Å². The van der Waals surface area contributed by atoms with Crippen molar-refractivity contribution in [1.29, 1.82) is 0 Å². The summed E-state index contributed by atoms with van der Waals surface area (Å²) < 4.78 is 0. The summed E-state index contributed by atoms with van der Waals surface area (Å²) in [5, 5.41) is 9.31. The number of carbonyl (C=O) groups excluding carboxylic acids is 4. The highest BCUT2D eigenvalue weighted by Gasteiger charge is 2.54. The van der Waals surface area contributed by atoms with Crippen molar-refractivity contribution in [3.63, 3.8) is 0 Å². The molecule has 0 aromatic carbocycles. The Morgan fingerprint density at radius 2 is 2.16 bits per heavy atom. The average Bonchev–Trinajstić information content (AvgIpc) is 3.07. The molecular formula is C16H20N4O4S. The molecule has 6 amide bonds. The fourth-order valence-electron chi connectivity index (χ4n) is 3.29. The van der Waals surface area contributed by atoms with Crippen molar-refractivity contribution < 1.29 is 19.2 Å². The maximum Gasteiger partial charge on any atom is 0.325 e. The van der Waals surface area contributed by atoms with Gasteiger partial charge < -0.3 is 10.6 Å². The number of nitrogens with zero attached hydrogens (tertiary/aromatic N) is 1. The molecule has 1 atom stereocenters. The van der Waals surface area contributed by atoms with Gasteiger partial charge in [0.25, 0.3) is 5.91 Å². The number of hydrogen-bond donors (Lipinski definition) is 3. The minimum atomic E-state index is -1.08. The van der Waals surface area contributed by atoms with Gasteiger partial charge in [-0.05, 0) is 44.6 Å². The Morgan fingerprint density at radius 3 is 2.88 bits per heavy atom. The summed E-state index contributed by atoms with van der Waals surface area (Å²) in [7, 11) is 0. The first-order valence-corrected chi connectivity index (χ1v) is 9.03. The van der Waals surface area contributed by atoms with Crippen LogP contribution in [-0.4, -0.2) is 41.4 Å². The lowest BCUT2D eigenvalue weighted by molar-refractivity contribution is -0.135. The fraction of sp³-hybridized carbons (Fsp3) is 0.500. The van der Waals surface area contributed by atoms with Crippen molar-refractivity contribution in [1.82, 2.24) is 20.9 Å². The highest BCUT2D eigenvalue weighted by Crippen LogP contribution is 2.41. The Morgan fingerprint density at radius 1 is 1.40 bits per heavy atom. The minimum absolute atomic E-state index is 0.132. The summed E-state index contributed by atoms with van der Waals surface area (Å²) in [6.07, 6.45) is 2.18. The number of thiophene rings is 1. The van der Waals surface area contributed by atoms with E-state index in [1.807, 2.05) is 11.4 Å². The Labute approximate surface area is 148 Å². The van der Waals surface area contributed by atoms with Crippen LogP contribution < -0.4 is 16.0 Å². The molecule has 3 N–H and O–H groups in total. The summed E-state index contributed by atoms with van der Waals surface area (Å²) in [6.45, 7) is 3.02. The molecule has 0 bridgehead atoms. The second-order valence-electron chi connectivity index (χ2n) is 6.51. The van der Waals surface area contributed by atoms with Crippen LogP contribution in [0.1, 0.15) is 37.1 Å². The van der Waals surface area contributed by atoms with Crippen LogP contribution in [0.2, 0.25) is 0 Å². The van der Waals surface area contributed by atoms with Gasteiger partial charge in [-0.3, -0.25) is 19.8 Å². The van der Waals surface area contributed by atoms with Crippen LogP contribution in [0.3, 0.4) is 0 Å². The zero-order chi connectivity index (χ0) is 18.2. The standard InChI is InChI=1S/C16H20N4O4S/c1-9(2)17-14(23)18-12(21)8-20-13(22)16(19-15(20)24)6-3-4-11-10(16)5-7-25-11/h5,7,9H,3-4,6,8H2,1-2H3,(H,19,24)(H2,17,18,21,23)/t16-/m0/s1. The van der Waals surface area contributed by atoms with Crippen molar-refractivity contribution in [2.75, 3.05) is 6.54 Å². The number of fused-ring (bicyclic) bond motifs is 2. The fourth-order valence-corrected chi connectivity index (χ4v) is 4.29. The van der Waals surface area contributed by atoms with Crippen LogP contribution in [0.15, 0.2) is 11.4 Å². The maximum atomic E-state index is 12.9. The monoisotopic (exact) mass is 364 g/mol. The molecule has 25 heavy (non-hydrogen) atoms. The molecule has 8 nitrogen and oxygen atoms in total. The van der Waals surface area contributed by atoms with Crippen LogP contribution >= 0.6 is 11.3 Å². The Balaban J connectivity index is 1.73. The van der Waals surface area contributed by atoms with E-state index in [1.165, 1.54) is 0 Å². The predicted molar refractivity (Wildman–Crippen MR) is 91.0 cm³/mol. The van der Waals surface area contributed by atoms with Gasteiger partial charge in [-0.15, -0.1) is 11.3 Å². The van der Waals surface area contributed by atoms with E-state index in [1.54, 1.807) is 25.2 Å². The van der Waals surface area contributed by atoms with Crippen molar-refractivity contribution in [3.8, 4) is 0 Å². The predicted octanol–water partition coefficient (Wildman–Crippen LogP) is 1.07. The summed E-state index contributed by atoms with van der Waals surface area (Å²) in [4.78, 5) is 50.8. The molecule has 2 heterocycles. The summed E-state index contributed by atoms with van der Waals surface area (Å²) in [5.74, 6) is -1.14. The molecule has 9 heteroatoms. The second-order valence-corrected chi connectivity index (χ2v) is 7.51. The van der Waals surface area contributed by atoms with E-state index in [0.717, 1.165) is 28.2 Å². The zero-order valence-electron chi connectivity index (χ0n) is 14.0. The zero-order valence-corrected chi connectivity index (χ0v) is 14.9. The Kier molecular flexibility index (Phi) is 4.51. The molecule has 0 saturated carbocycles. The lowest BCUT2D eigenvalue weighted by Gasteiger charge is -2.31. The van der Waals surface area contributed by atoms with Crippen molar-refractivity contribution in [3.05, 3.63) is 21.9 Å². The van der Waals surface area contributed by atoms with E-state index in [0.29, 0.717) is 6.42 Å². The minimum Gasteiger partial charge on any atom is -0.336 e. The molecule has 1 aliphatic heterocycles. The first kappa shape index (κ1) is 17.4. The molecule has 2 aliphatic rings. The molecule has 0 unspecified atom stereocenters. The van der Waals surface area contributed by atoms with Gasteiger partial charge in [-0.1, -0.05) is 0 Å². The molecule has 0 radical (unpaired) electrons. The van der Waals surface area contributed by atoms with Gasteiger partial charge in [0, 0.05) is 16.5 Å². The van der Waals surface area contributed by atoms with Crippen LogP contribution in [0.5, 0.6) is 0 Å². The molecule has 134 valence electrons. The van der Waals surface area contributed by atoms with Gasteiger partial charge in [0.1, 0.15) is 12.1 Å². The van der Waals surface area contributed by atoms with Gasteiger partial charge in [0.05, 0.1) is 0 Å². The molecule has 3 rings (SSSR count). The van der Waals surface area contributed by atoms with E-state index in [9.17, 15) is 19.2 Å². The van der Waals surface area contributed by atoms with Gasteiger partial charge in [0.15, 0.2) is 0 Å². The third-order valence-corrected chi connectivity index (χ3v) is 5.29. The molecular weight excluding hydrogens is 344 g/mol. The number of urea groups is 2. The summed E-state index contributed by atoms with van der Waals surface area (Å²) in [5.41, 5.74) is -0.256. The summed E-state index contributed by atoms with van der Waals surface area (Å²) >= 11 is 1.56. The number of imide groups is 2. The lowest BCUT2D eigenvalue weighted by Crippen LogP contribution is -2.49. The molecule has 1 saturated heterocycles. The topological polar surface area (TPSA) is 108 Å². The number of rotatable bonds is 3. The third-order valence-electron chi connectivity index (χ3n) is 4.31. The maximum absolute atomic E-state index is 12.9. The number of hydrogen-bond acceptors (Lipinski definition) is 5. The van der Waals surface area contributed by atoms with Crippen LogP contribution in [0.25, 0.3) is 0 Å². The quantitative estimate of drug-likeness (QED) is 0.697. The number of carbonyl (C=O) groups is 4. The van der Waals surface area contributed by atoms with E-state index in [2.05, 4.69) is 16.0 Å². The van der Waals surface area contributed by atoms with E-state index >= 15 is 0 Å². The first-order valence-electron chi connectivity index (χ1n) is 8.15. The lowest BCUT2D eigenvalue weighted by atomic mass is 9.80. The third kappa shape index (κ3) is 3.11. The second kappa shape index (κ2) is 6.47. The molecule has 1 aromatic rings. The average molecular weight is 364 g/mol. The first-order chi connectivity index (χ1) is 11.8. The van der Waals surface area contributed by atoms with Crippen molar-refractivity contribution >= 4 is 35.2 Å². The van der Waals surface area contributed by atoms with Crippen LogP contribution in [0.4, 0.5) is 9.59 Å². The SMILES string of the molecule is CC(C)NC(=O)NC(=O)CN1C(=O)N[C@]2(CCCc3sccc32)C1=O. The van der Waals surface area contributed by atoms with E-state index in [-0.39, 0.29) is 6.04 Å². The largest absolute Gasteiger partial charge is 0.336 e. The molecule has 1 aliphatic carbocycles. The van der Waals surface area contributed by atoms with Crippen LogP contribution in [-0.2, 0) is 21.5 Å². The van der Waals surface area contributed by atoms with Gasteiger partial charge in [0.2, 0.25) is 5.91 Å². The normalized spacial score (nSPS) is 22.1. The van der Waals surface area contributed by atoms with Crippen molar-refractivity contribution in [2.24, 2.45) is 0 Å². The van der Waals surface area contributed by atoms with Crippen molar-refractivity contribution in [2.45, 2.75) is 44.7 Å². The number of aryl methyl sites for hydroxylation is 1. The van der Waals surface area contributed by atoms with E-state index < -0.39 is 36.0 Å². The number of nitrogens with one attached hydrogen (secondary N) is 3.